The van der Waals surface area contributed by atoms with Gasteiger partial charge >= 0.3 is 17.9 Å². The molecule has 48 heteroatoms. The number of carbonyl (C=O) groups excluding carboxylic acids is 15. The summed E-state index contributed by atoms with van der Waals surface area (Å²) in [5.41, 5.74) is 17.9. The number of nitrogens with zero attached hydrogens (tertiary/aromatic N) is 4. The number of imidazole rings is 2. The first-order chi connectivity index (χ1) is 59.2. The third kappa shape index (κ3) is 38.1. The van der Waals surface area contributed by atoms with Crippen LogP contribution in [0, 0.1) is 29.6 Å². The number of aromatic nitrogens is 4. The van der Waals surface area contributed by atoms with Crippen molar-refractivity contribution in [2.75, 3.05) is 24.6 Å². The molecule has 2 aromatic heterocycles. The van der Waals surface area contributed by atoms with Crippen LogP contribution in [-0.4, -0.2) is 286 Å². The molecule has 0 unspecified atom stereocenters. The summed E-state index contributed by atoms with van der Waals surface area (Å²) < 4.78 is 0. The van der Waals surface area contributed by atoms with Crippen LogP contribution in [0.1, 0.15) is 172 Å². The minimum atomic E-state index is -1.95. The summed E-state index contributed by atoms with van der Waals surface area (Å²) in [4.78, 5) is 268. The van der Waals surface area contributed by atoms with Gasteiger partial charge in [0.2, 0.25) is 88.6 Å². The number of thiol groups is 2. The van der Waals surface area contributed by atoms with E-state index in [1.807, 2.05) is 6.92 Å². The number of aliphatic imine (C=N–C) groups is 2. The lowest BCUT2D eigenvalue weighted by atomic mass is 9.97. The number of aliphatic hydroxyl groups is 1. The lowest BCUT2D eigenvalue weighted by Gasteiger charge is -2.29. The smallest absolute Gasteiger partial charge is 0.326 e. The van der Waals surface area contributed by atoms with E-state index >= 15 is 0 Å². The Bertz CT molecular complexity index is 4060. The minimum absolute atomic E-state index is 0.0000540. The van der Waals surface area contributed by atoms with Crippen LogP contribution >= 0.6 is 25.3 Å². The number of aliphatic hydroxyl groups excluding tert-OH is 1. The van der Waals surface area contributed by atoms with Gasteiger partial charge in [0.1, 0.15) is 90.6 Å². The second kappa shape index (κ2) is 55.0. The first-order valence-corrected chi connectivity index (χ1v) is 42.9. The van der Waals surface area contributed by atoms with Gasteiger partial charge in [-0.15, -0.1) is 0 Å². The summed E-state index contributed by atoms with van der Waals surface area (Å²) in [6.45, 7) is 18.7. The maximum Gasteiger partial charge on any atom is 0.326 e. The number of aliphatic carboxylic acids is 3. The lowest BCUT2D eigenvalue weighted by Crippen LogP contribution is -2.62. The summed E-state index contributed by atoms with van der Waals surface area (Å²) in [5.74, 6) is -22.0. The van der Waals surface area contributed by atoms with Gasteiger partial charge in [-0.25, -0.2) is 14.8 Å². The van der Waals surface area contributed by atoms with Gasteiger partial charge in [0, 0.05) is 67.4 Å². The maximum atomic E-state index is 14.9. The number of carboxylic acids is 3. The number of nitrogens with one attached hydrogen (secondary N) is 17. The highest BCUT2D eigenvalue weighted by Gasteiger charge is 2.41. The van der Waals surface area contributed by atoms with Crippen molar-refractivity contribution in [3.63, 3.8) is 0 Å². The van der Waals surface area contributed by atoms with E-state index < -0.39 is 234 Å². The highest BCUT2D eigenvalue weighted by atomic mass is 32.1. The molecule has 704 valence electrons. The van der Waals surface area contributed by atoms with Crippen LogP contribution in [0.4, 0.5) is 0 Å². The first kappa shape index (κ1) is 109. The van der Waals surface area contributed by atoms with Gasteiger partial charge < -0.3 is 127 Å². The van der Waals surface area contributed by atoms with Crippen LogP contribution < -0.4 is 97.0 Å². The van der Waals surface area contributed by atoms with E-state index in [-0.39, 0.29) is 125 Å². The van der Waals surface area contributed by atoms with E-state index in [2.05, 4.69) is 135 Å². The molecule has 126 heavy (non-hydrogen) atoms. The summed E-state index contributed by atoms with van der Waals surface area (Å²) >= 11 is 8.27. The monoisotopic (exact) mass is 1820 g/mol. The van der Waals surface area contributed by atoms with Crippen molar-refractivity contribution in [1.29, 1.82) is 0 Å². The van der Waals surface area contributed by atoms with Crippen LogP contribution in [0.5, 0.6) is 0 Å². The van der Waals surface area contributed by atoms with Gasteiger partial charge in [-0.1, -0.05) is 75.2 Å². The fourth-order valence-corrected chi connectivity index (χ4v) is 13.1. The number of hydrogen-bond acceptors (Lipinski definition) is 26. The van der Waals surface area contributed by atoms with Gasteiger partial charge in [-0.05, 0) is 102 Å². The minimum Gasteiger partial charge on any atom is -0.481 e. The van der Waals surface area contributed by atoms with Crippen molar-refractivity contribution in [2.24, 2.45) is 56.8 Å². The van der Waals surface area contributed by atoms with Crippen LogP contribution in [-0.2, 0) is 99.1 Å². The van der Waals surface area contributed by atoms with Crippen LogP contribution in [0.2, 0.25) is 0 Å². The number of hydrogen-bond donors (Lipinski definition) is 26. The number of carboxylic acid groups (broad SMARTS) is 3. The molecule has 0 fully saturated rings. The molecular formula is C78H128N24O22S2. The van der Waals surface area contributed by atoms with Gasteiger partial charge in [0.15, 0.2) is 5.96 Å². The Morgan fingerprint density at radius 1 is 0.468 bits per heavy atom. The molecule has 27 N–H and O–H groups in total. The Morgan fingerprint density at radius 2 is 0.849 bits per heavy atom. The predicted octanol–water partition coefficient (Wildman–Crippen LogP) is -5.65. The van der Waals surface area contributed by atoms with E-state index in [1.54, 1.807) is 54.7 Å². The second-order valence-corrected chi connectivity index (χ2v) is 32.8. The van der Waals surface area contributed by atoms with Gasteiger partial charge in [-0.2, -0.15) is 25.3 Å². The van der Waals surface area contributed by atoms with Crippen LogP contribution in [0.3, 0.4) is 0 Å². The molecule has 0 saturated heterocycles. The quantitative estimate of drug-likeness (QED) is 0.0127. The Kier molecular flexibility index (Phi) is 47.4. The van der Waals surface area contributed by atoms with Crippen molar-refractivity contribution in [3.05, 3.63) is 36.4 Å². The van der Waals surface area contributed by atoms with Crippen molar-refractivity contribution in [1.82, 2.24) is 99.7 Å². The standard InChI is InChI=1S/C78H128N24O22S2/c1-13-38(7)59(74(120)90-42(11)63(109)99-55(33-126)72(118)101-60(39(8)14-2)75(121)98-54(77(123)124)29-57(106)107)100-71(117)53(28-56(104)105)96-69(115)49(24-36(3)4)93-62(108)41(10)89-67(113)51(26-44-30-82-34-87-44)97-76(122)61(43(12)103)102-66(112)48(19-17-22-86-78(80)81)91-65(111)47(18-15-16-21-85-73(119)58-40(9)20-23-84-58)92-68(114)50(25-37(5)6)95-70(116)52(27-45-31-83-35-88-45)94-64(110)46(79)32-125/h23,30-31,34-43,46-55,58-61,103,125-126H,13-22,24-29,32-33,79H2,1-12H3,(H,82,87)(H,83,88)(H,85,119)(H,89,113)(H,90,120)(H,91,111)(H,92,114)(H,93,108)(H,94,110)(H,95,116)(H,96,115)(H,97,122)(H,98,121)(H,99,109)(H,100,117)(H,101,118)(H,102,112)(H,104,105)(H,106,107)(H,123,124)(H4,80,81,86)/t38-,39-,40+,41-,42-,43+,46-,47-,48-,49-,50-,51-,52-,53-,54-,55-,58+,59-,60-,61-/m0/s1. The van der Waals surface area contributed by atoms with Gasteiger partial charge in [0.05, 0.1) is 37.6 Å². The summed E-state index contributed by atoms with van der Waals surface area (Å²) in [5, 5.41) is 77.6. The molecule has 1 aliphatic heterocycles. The normalized spacial score (nSPS) is 17.2. The number of amides is 15. The first-order valence-electron chi connectivity index (χ1n) is 41.6. The number of carbonyl (C=O) groups is 18. The van der Waals surface area contributed by atoms with Crippen molar-refractivity contribution >= 4 is 144 Å². The largest absolute Gasteiger partial charge is 0.481 e. The average Bonchev–Trinajstić information content (AvgIpc) is 1.09. The third-order valence-electron chi connectivity index (χ3n) is 20.4. The average molecular weight is 1820 g/mol. The molecule has 3 rings (SSSR count). The number of unbranched alkanes of at least 4 members (excludes halogenated alkanes) is 1. The van der Waals surface area contributed by atoms with Crippen LogP contribution in [0.15, 0.2) is 35.0 Å². The van der Waals surface area contributed by atoms with Gasteiger partial charge in [-0.3, -0.25) is 91.5 Å². The Hall–Kier alpha value is -11.6. The fraction of sp³-hybridized carbons (Fsp3) is 0.667. The highest BCUT2D eigenvalue weighted by molar-refractivity contribution is 7.80. The number of nitrogens with two attached hydrogens (primary N) is 3. The number of H-pyrrole nitrogens is 2. The molecular weight excluding hydrogens is 1690 g/mol. The zero-order valence-corrected chi connectivity index (χ0v) is 74.7. The predicted molar refractivity (Wildman–Crippen MR) is 463 cm³/mol. The molecule has 46 nitrogen and oxygen atoms in total. The molecule has 0 saturated carbocycles. The molecule has 0 aromatic carbocycles. The van der Waals surface area contributed by atoms with Crippen molar-refractivity contribution < 1.29 is 107 Å². The number of guanidine groups is 1. The lowest BCUT2D eigenvalue weighted by molar-refractivity contribution is -0.147. The molecule has 0 aliphatic carbocycles. The fourth-order valence-electron chi connectivity index (χ4n) is 12.7. The van der Waals surface area contributed by atoms with Crippen LogP contribution in [0.25, 0.3) is 0 Å². The van der Waals surface area contributed by atoms with Crippen molar-refractivity contribution in [3.8, 4) is 0 Å². The number of aromatic amines is 2. The van der Waals surface area contributed by atoms with E-state index in [4.69, 9.17) is 17.2 Å². The van der Waals surface area contributed by atoms with E-state index in [0.717, 1.165) is 6.92 Å². The van der Waals surface area contributed by atoms with E-state index in [0.29, 0.717) is 12.1 Å². The molecule has 1 aliphatic rings. The summed E-state index contributed by atoms with van der Waals surface area (Å²) in [7, 11) is 0. The zero-order valence-electron chi connectivity index (χ0n) is 72.9. The SMILES string of the molecule is CC[C@H](C)[C@H](NC(=O)[C@H](CC(=O)O)NC(=O)[C@H](CC(C)C)NC(=O)[C@H](C)NC(=O)[C@H](Cc1cnc[nH]1)NC(=O)[C@@H](NC(=O)[C@H](CCCN=C(N)N)NC(=O)[C@H](CCCCNC(=O)[C@@H]1N=CC[C@H]1C)NC(=O)[C@H](CC(C)C)NC(=O)[C@H](Cc1cnc[nH]1)NC(=O)[C@@H](N)CS)[C@@H](C)O)C(=O)N[C@@H](C)C(=O)N[C@@H](CS)C(=O)N[C@H](C(=O)N[C@@H](CC(=O)O)C(=O)O)[C@@H](C)CC. The molecule has 3 heterocycles. The van der Waals surface area contributed by atoms with E-state index in [9.17, 15) is 107 Å². The zero-order chi connectivity index (χ0) is 94.9. The summed E-state index contributed by atoms with van der Waals surface area (Å²) in [6, 6.07) is -24.0. The molecule has 2 aromatic rings. The number of rotatable bonds is 58. The Labute approximate surface area is 740 Å². The Morgan fingerprint density at radius 3 is 1.29 bits per heavy atom. The molecule has 0 spiro atoms. The topological polar surface area (TPSA) is 729 Å². The van der Waals surface area contributed by atoms with Crippen molar-refractivity contribution in [2.45, 2.75) is 276 Å². The molecule has 0 bridgehead atoms. The second-order valence-electron chi connectivity index (χ2n) is 32.0. The highest BCUT2D eigenvalue weighted by Crippen LogP contribution is 2.19. The van der Waals surface area contributed by atoms with Gasteiger partial charge in [0.25, 0.3) is 0 Å². The molecule has 0 radical (unpaired) electrons. The van der Waals surface area contributed by atoms with E-state index in [1.165, 1.54) is 45.8 Å². The summed E-state index contributed by atoms with van der Waals surface area (Å²) in [6.07, 6.45) is 3.59. The third-order valence-corrected chi connectivity index (χ3v) is 21.2. The molecule has 15 amide bonds. The maximum absolute atomic E-state index is 14.9. The molecule has 20 atom stereocenters. The Balaban J connectivity index is 1.92.